The highest BCUT2D eigenvalue weighted by atomic mass is 19.4. The molecule has 7 heteroatoms. The predicted octanol–water partition coefficient (Wildman–Crippen LogP) is 2.09. The molecule has 1 amide bonds. The number of anilines is 2. The molecule has 1 atom stereocenters. The summed E-state index contributed by atoms with van der Waals surface area (Å²) in [5, 5.41) is 2.52. The molecule has 1 unspecified atom stereocenters. The lowest BCUT2D eigenvalue weighted by Crippen LogP contribution is -2.31. The molecule has 0 saturated carbocycles. The van der Waals surface area contributed by atoms with Gasteiger partial charge in [0, 0.05) is 11.8 Å². The SMILES string of the molecule is CC(Oc1cc2c(cc1N)CC(=O)N2)C(F)(F)F. The van der Waals surface area contributed by atoms with Gasteiger partial charge in [0.05, 0.1) is 12.1 Å². The van der Waals surface area contributed by atoms with Gasteiger partial charge in [0.2, 0.25) is 5.91 Å². The first-order valence-electron chi connectivity index (χ1n) is 5.23. The van der Waals surface area contributed by atoms with E-state index in [1.165, 1.54) is 12.1 Å². The van der Waals surface area contributed by atoms with Crippen LogP contribution in [0.15, 0.2) is 12.1 Å². The Kier molecular flexibility index (Phi) is 2.84. The van der Waals surface area contributed by atoms with Crippen molar-refractivity contribution in [3.63, 3.8) is 0 Å². The van der Waals surface area contributed by atoms with E-state index < -0.39 is 12.3 Å². The van der Waals surface area contributed by atoms with Gasteiger partial charge in [-0.3, -0.25) is 4.79 Å². The van der Waals surface area contributed by atoms with Gasteiger partial charge in [-0.15, -0.1) is 0 Å². The average Bonchev–Trinajstić information content (AvgIpc) is 2.56. The summed E-state index contributed by atoms with van der Waals surface area (Å²) in [6, 6.07) is 2.77. The summed E-state index contributed by atoms with van der Waals surface area (Å²) >= 11 is 0. The van der Waals surface area contributed by atoms with Crippen molar-refractivity contribution in [1.82, 2.24) is 0 Å². The van der Waals surface area contributed by atoms with E-state index in [2.05, 4.69) is 5.32 Å². The minimum Gasteiger partial charge on any atom is -0.479 e. The Balaban J connectivity index is 2.25. The van der Waals surface area contributed by atoms with E-state index in [1.807, 2.05) is 0 Å². The van der Waals surface area contributed by atoms with Crippen LogP contribution in [-0.4, -0.2) is 18.2 Å². The monoisotopic (exact) mass is 260 g/mol. The highest BCUT2D eigenvalue weighted by Gasteiger charge is 2.38. The van der Waals surface area contributed by atoms with Crippen molar-refractivity contribution < 1.29 is 22.7 Å². The number of benzene rings is 1. The summed E-state index contributed by atoms with van der Waals surface area (Å²) in [5.41, 5.74) is 6.78. The normalized spacial score (nSPS) is 16.1. The van der Waals surface area contributed by atoms with Crippen molar-refractivity contribution in [3.8, 4) is 5.75 Å². The number of fused-ring (bicyclic) bond motifs is 1. The summed E-state index contributed by atoms with van der Waals surface area (Å²) < 4.78 is 41.9. The van der Waals surface area contributed by atoms with Crippen LogP contribution in [0.5, 0.6) is 5.75 Å². The Morgan fingerprint density at radius 3 is 2.72 bits per heavy atom. The second-order valence-corrected chi connectivity index (χ2v) is 4.07. The first-order valence-corrected chi connectivity index (χ1v) is 5.23. The molecule has 1 aliphatic heterocycles. The minimum atomic E-state index is -4.46. The zero-order valence-electron chi connectivity index (χ0n) is 9.47. The molecular formula is C11H11F3N2O2. The summed E-state index contributed by atoms with van der Waals surface area (Å²) in [4.78, 5) is 11.1. The molecule has 0 spiro atoms. The van der Waals surface area contributed by atoms with E-state index in [4.69, 9.17) is 10.5 Å². The number of ether oxygens (including phenoxy) is 1. The van der Waals surface area contributed by atoms with Crippen LogP contribution in [0.2, 0.25) is 0 Å². The molecule has 1 aromatic carbocycles. The summed E-state index contributed by atoms with van der Waals surface area (Å²) in [6.45, 7) is 0.894. The van der Waals surface area contributed by atoms with Gasteiger partial charge in [0.1, 0.15) is 5.75 Å². The fourth-order valence-corrected chi connectivity index (χ4v) is 1.63. The molecule has 0 saturated heterocycles. The number of rotatable bonds is 2. The number of amides is 1. The van der Waals surface area contributed by atoms with E-state index in [9.17, 15) is 18.0 Å². The van der Waals surface area contributed by atoms with Crippen LogP contribution in [-0.2, 0) is 11.2 Å². The molecule has 0 aliphatic carbocycles. The van der Waals surface area contributed by atoms with Crippen molar-refractivity contribution in [2.75, 3.05) is 11.1 Å². The van der Waals surface area contributed by atoms with E-state index in [-0.39, 0.29) is 23.8 Å². The van der Waals surface area contributed by atoms with Crippen molar-refractivity contribution in [2.45, 2.75) is 25.6 Å². The molecule has 0 bridgehead atoms. The largest absolute Gasteiger partial charge is 0.479 e. The standard InChI is InChI=1S/C11H11F3N2O2/c1-5(11(12,13)14)18-9-4-8-6(2-7(9)15)3-10(17)16-8/h2,4-5H,3,15H2,1H3,(H,16,17). The Bertz CT molecular complexity index is 500. The molecule has 0 fully saturated rings. The number of carbonyl (C=O) groups is 1. The van der Waals surface area contributed by atoms with Gasteiger partial charge < -0.3 is 15.8 Å². The molecule has 98 valence electrons. The number of nitrogen functional groups attached to an aromatic ring is 1. The third kappa shape index (κ3) is 2.34. The number of nitrogens with one attached hydrogen (secondary N) is 1. The molecule has 1 aliphatic rings. The molecule has 2 rings (SSSR count). The van der Waals surface area contributed by atoms with Crippen molar-refractivity contribution in [2.24, 2.45) is 0 Å². The van der Waals surface area contributed by atoms with Crippen molar-refractivity contribution >= 4 is 17.3 Å². The Hall–Kier alpha value is -1.92. The van der Waals surface area contributed by atoms with Crippen LogP contribution in [0.1, 0.15) is 12.5 Å². The lowest BCUT2D eigenvalue weighted by molar-refractivity contribution is -0.189. The van der Waals surface area contributed by atoms with E-state index in [0.717, 1.165) is 6.92 Å². The molecule has 1 aromatic rings. The first-order chi connectivity index (χ1) is 8.27. The maximum Gasteiger partial charge on any atom is 0.425 e. The third-order valence-electron chi connectivity index (χ3n) is 2.63. The summed E-state index contributed by atoms with van der Waals surface area (Å²) in [5.74, 6) is -0.300. The number of hydrogen-bond acceptors (Lipinski definition) is 3. The zero-order chi connectivity index (χ0) is 13.5. The maximum atomic E-state index is 12.4. The second kappa shape index (κ2) is 4.08. The van der Waals surface area contributed by atoms with Gasteiger partial charge in [-0.2, -0.15) is 13.2 Å². The summed E-state index contributed by atoms with van der Waals surface area (Å²) in [6.07, 6.45) is -6.25. The van der Waals surface area contributed by atoms with Gasteiger partial charge in [0.15, 0.2) is 6.10 Å². The van der Waals surface area contributed by atoms with Crippen LogP contribution >= 0.6 is 0 Å². The number of halogens is 3. The Morgan fingerprint density at radius 1 is 1.44 bits per heavy atom. The lowest BCUT2D eigenvalue weighted by atomic mass is 10.1. The van der Waals surface area contributed by atoms with Gasteiger partial charge in [-0.05, 0) is 18.6 Å². The molecule has 18 heavy (non-hydrogen) atoms. The topological polar surface area (TPSA) is 64.3 Å². The Morgan fingerprint density at radius 2 is 2.11 bits per heavy atom. The zero-order valence-corrected chi connectivity index (χ0v) is 9.47. The van der Waals surface area contributed by atoms with Crippen LogP contribution in [0.25, 0.3) is 0 Å². The average molecular weight is 260 g/mol. The molecule has 3 N–H and O–H groups in total. The fraction of sp³-hybridized carbons (Fsp3) is 0.364. The fourth-order valence-electron chi connectivity index (χ4n) is 1.63. The third-order valence-corrected chi connectivity index (χ3v) is 2.63. The number of hydrogen-bond donors (Lipinski definition) is 2. The predicted molar refractivity (Wildman–Crippen MR) is 59.3 cm³/mol. The van der Waals surface area contributed by atoms with Gasteiger partial charge in [0.25, 0.3) is 0 Å². The molecule has 1 heterocycles. The molecule has 0 aromatic heterocycles. The molecule has 4 nitrogen and oxygen atoms in total. The highest BCUT2D eigenvalue weighted by molar-refractivity contribution is 6.00. The van der Waals surface area contributed by atoms with E-state index >= 15 is 0 Å². The smallest absolute Gasteiger partial charge is 0.425 e. The van der Waals surface area contributed by atoms with Crippen molar-refractivity contribution in [3.05, 3.63) is 17.7 Å². The van der Waals surface area contributed by atoms with E-state index in [0.29, 0.717) is 11.3 Å². The minimum absolute atomic E-state index is 0.0826. The van der Waals surface area contributed by atoms with Crippen LogP contribution in [0.4, 0.5) is 24.5 Å². The van der Waals surface area contributed by atoms with Crippen molar-refractivity contribution in [1.29, 1.82) is 0 Å². The van der Waals surface area contributed by atoms with Crippen LogP contribution in [0.3, 0.4) is 0 Å². The highest BCUT2D eigenvalue weighted by Crippen LogP contribution is 2.35. The van der Waals surface area contributed by atoms with Gasteiger partial charge in [-0.1, -0.05) is 0 Å². The van der Waals surface area contributed by atoms with Gasteiger partial charge in [-0.25, -0.2) is 0 Å². The van der Waals surface area contributed by atoms with Crippen LogP contribution in [0, 0.1) is 0 Å². The number of alkyl halides is 3. The summed E-state index contributed by atoms with van der Waals surface area (Å²) in [7, 11) is 0. The lowest BCUT2D eigenvalue weighted by Gasteiger charge is -2.19. The Labute approximate surface area is 101 Å². The van der Waals surface area contributed by atoms with E-state index in [1.54, 1.807) is 0 Å². The quantitative estimate of drug-likeness (QED) is 0.800. The first kappa shape index (κ1) is 12.5. The van der Waals surface area contributed by atoms with Crippen LogP contribution < -0.4 is 15.8 Å². The van der Waals surface area contributed by atoms with Gasteiger partial charge >= 0.3 is 6.18 Å². The molecular weight excluding hydrogens is 249 g/mol. The maximum absolute atomic E-state index is 12.4. The second-order valence-electron chi connectivity index (χ2n) is 4.07. The molecule has 0 radical (unpaired) electrons. The number of nitrogens with two attached hydrogens (primary N) is 1. The number of carbonyl (C=O) groups excluding carboxylic acids is 1.